The van der Waals surface area contributed by atoms with E-state index in [4.69, 9.17) is 14.2 Å². The summed E-state index contributed by atoms with van der Waals surface area (Å²) in [6.07, 6.45) is 0. The number of carbonyl (C=O) groups excluding carboxylic acids is 1. The molecular weight excluding hydrogens is 456 g/mol. The van der Waals surface area contributed by atoms with Crippen LogP contribution in [0.4, 0.5) is 5.69 Å². The van der Waals surface area contributed by atoms with Gasteiger partial charge >= 0.3 is 5.97 Å². The number of nitrogens with zero attached hydrogens (tertiary/aromatic N) is 2. The Morgan fingerprint density at radius 1 is 0.941 bits per heavy atom. The Kier molecular flexibility index (Phi) is 6.56. The summed E-state index contributed by atoms with van der Waals surface area (Å²) < 4.78 is 45.2. The number of ether oxygens (including phenoxy) is 3. The normalized spacial score (nSPS) is 13.6. The molecule has 0 saturated heterocycles. The molecule has 3 aromatic rings. The largest absolute Gasteiger partial charge is 0.497 e. The number of anilines is 1. The minimum Gasteiger partial charge on any atom is -0.497 e. The second kappa shape index (κ2) is 9.56. The van der Waals surface area contributed by atoms with Crippen molar-refractivity contribution in [2.24, 2.45) is 4.40 Å². The zero-order valence-electron chi connectivity index (χ0n) is 19.0. The molecule has 1 heterocycles. The molecule has 0 aromatic heterocycles. The van der Waals surface area contributed by atoms with Gasteiger partial charge in [-0.15, -0.1) is 4.40 Å². The van der Waals surface area contributed by atoms with E-state index >= 15 is 0 Å². The zero-order chi connectivity index (χ0) is 24.3. The number of hydrogen-bond acceptors (Lipinski definition) is 7. The Hall–Kier alpha value is -3.85. The van der Waals surface area contributed by atoms with Gasteiger partial charge in [-0.1, -0.05) is 24.3 Å². The first-order valence-corrected chi connectivity index (χ1v) is 11.9. The third kappa shape index (κ3) is 4.74. The van der Waals surface area contributed by atoms with Crippen molar-refractivity contribution in [2.75, 3.05) is 32.3 Å². The topological polar surface area (TPSA) is 94.5 Å². The number of aryl methyl sites for hydroxylation is 1. The van der Waals surface area contributed by atoms with Crippen LogP contribution in [0.5, 0.6) is 11.5 Å². The average molecular weight is 481 g/mol. The minimum absolute atomic E-state index is 0.00641. The highest BCUT2D eigenvalue weighted by Crippen LogP contribution is 2.30. The first kappa shape index (κ1) is 23.3. The average Bonchev–Trinajstić information content (AvgIpc) is 3.11. The van der Waals surface area contributed by atoms with E-state index in [0.717, 1.165) is 11.3 Å². The summed E-state index contributed by atoms with van der Waals surface area (Å²) in [7, 11) is -0.811. The van der Waals surface area contributed by atoms with E-state index in [1.54, 1.807) is 41.3 Å². The van der Waals surface area contributed by atoms with Gasteiger partial charge in [-0.25, -0.2) is 4.79 Å². The van der Waals surface area contributed by atoms with Crippen LogP contribution in [0.2, 0.25) is 0 Å². The molecule has 8 nitrogen and oxygen atoms in total. The van der Waals surface area contributed by atoms with Gasteiger partial charge in [-0.3, -0.25) is 0 Å². The lowest BCUT2D eigenvalue weighted by molar-refractivity contribution is 0.0516. The van der Waals surface area contributed by atoms with E-state index < -0.39 is 16.0 Å². The summed E-state index contributed by atoms with van der Waals surface area (Å²) in [5.74, 6) is 0.674. The highest BCUT2D eigenvalue weighted by atomic mass is 32.2. The van der Waals surface area contributed by atoms with Crippen molar-refractivity contribution >= 4 is 27.5 Å². The fraction of sp³-hybridized carbons (Fsp3) is 0.200. The van der Waals surface area contributed by atoms with Gasteiger partial charge in [0.15, 0.2) is 5.84 Å². The Morgan fingerprint density at radius 2 is 1.65 bits per heavy atom. The summed E-state index contributed by atoms with van der Waals surface area (Å²) in [5.41, 5.74) is 2.53. The Bertz CT molecular complexity index is 1350. The van der Waals surface area contributed by atoms with E-state index in [1.807, 2.05) is 31.2 Å². The minimum atomic E-state index is -3.81. The summed E-state index contributed by atoms with van der Waals surface area (Å²) >= 11 is 0. The standard InChI is InChI=1S/C25H24N2O6S/c1-17-7-6-8-19(13-17)27(24-22-9-4-5-10-23(22)34(29,30)26-24)11-12-33-25(28)18-14-20(31-2)16-21(15-18)32-3/h4-10,13-16H,11-12H2,1-3H3. The Morgan fingerprint density at radius 3 is 2.32 bits per heavy atom. The lowest BCUT2D eigenvalue weighted by atomic mass is 10.1. The molecule has 9 heteroatoms. The number of hydrogen-bond donors (Lipinski definition) is 0. The van der Waals surface area contributed by atoms with Crippen LogP contribution in [0.25, 0.3) is 0 Å². The van der Waals surface area contributed by atoms with Gasteiger partial charge in [0.25, 0.3) is 10.0 Å². The molecule has 0 fully saturated rings. The molecule has 1 aliphatic rings. The highest BCUT2D eigenvalue weighted by Gasteiger charge is 2.32. The Balaban J connectivity index is 1.60. The molecule has 34 heavy (non-hydrogen) atoms. The molecule has 4 rings (SSSR count). The first-order chi connectivity index (χ1) is 16.3. The van der Waals surface area contributed by atoms with Crippen LogP contribution in [0.1, 0.15) is 21.5 Å². The van der Waals surface area contributed by atoms with Gasteiger partial charge in [0.05, 0.1) is 26.3 Å². The van der Waals surface area contributed by atoms with Crippen molar-refractivity contribution in [3.63, 3.8) is 0 Å². The van der Waals surface area contributed by atoms with Crippen LogP contribution in [-0.2, 0) is 14.8 Å². The number of benzene rings is 3. The molecule has 176 valence electrons. The molecule has 0 radical (unpaired) electrons. The Labute approximate surface area is 198 Å². The van der Waals surface area contributed by atoms with Gasteiger partial charge in [-0.2, -0.15) is 8.42 Å². The molecule has 0 N–H and O–H groups in total. The van der Waals surface area contributed by atoms with Gasteiger partial charge in [0.2, 0.25) is 0 Å². The zero-order valence-corrected chi connectivity index (χ0v) is 19.8. The number of fused-ring (bicyclic) bond motifs is 1. The number of amidine groups is 1. The predicted molar refractivity (Wildman–Crippen MR) is 129 cm³/mol. The van der Waals surface area contributed by atoms with Crippen LogP contribution in [0, 0.1) is 6.92 Å². The monoisotopic (exact) mass is 480 g/mol. The molecular formula is C25H24N2O6S. The molecule has 1 aliphatic heterocycles. The summed E-state index contributed by atoms with van der Waals surface area (Å²) in [4.78, 5) is 14.6. The smallest absolute Gasteiger partial charge is 0.338 e. The van der Waals surface area contributed by atoms with Crippen molar-refractivity contribution < 1.29 is 27.4 Å². The van der Waals surface area contributed by atoms with Crippen molar-refractivity contribution in [1.29, 1.82) is 0 Å². The van der Waals surface area contributed by atoms with Gasteiger partial charge < -0.3 is 19.1 Å². The second-order valence-electron chi connectivity index (χ2n) is 7.61. The number of rotatable bonds is 7. The van der Waals surface area contributed by atoms with Crippen molar-refractivity contribution in [2.45, 2.75) is 11.8 Å². The molecule has 0 amide bonds. The van der Waals surface area contributed by atoms with Gasteiger partial charge in [0.1, 0.15) is 23.0 Å². The second-order valence-corrected chi connectivity index (χ2v) is 9.19. The lowest BCUT2D eigenvalue weighted by Gasteiger charge is -2.25. The molecule has 0 bridgehead atoms. The van der Waals surface area contributed by atoms with Crippen LogP contribution in [0.3, 0.4) is 0 Å². The van der Waals surface area contributed by atoms with Crippen LogP contribution >= 0.6 is 0 Å². The van der Waals surface area contributed by atoms with E-state index in [-0.39, 0.29) is 23.6 Å². The fourth-order valence-corrected chi connectivity index (χ4v) is 4.89. The van der Waals surface area contributed by atoms with Crippen LogP contribution in [0.15, 0.2) is 76.0 Å². The van der Waals surface area contributed by atoms with E-state index in [9.17, 15) is 13.2 Å². The highest BCUT2D eigenvalue weighted by molar-refractivity contribution is 7.90. The maximum absolute atomic E-state index is 12.7. The fourth-order valence-electron chi connectivity index (χ4n) is 3.67. The summed E-state index contributed by atoms with van der Waals surface area (Å²) in [6, 6.07) is 19.1. The number of methoxy groups -OCH3 is 2. The van der Waals surface area contributed by atoms with Crippen molar-refractivity contribution in [3.8, 4) is 11.5 Å². The van der Waals surface area contributed by atoms with E-state index in [0.29, 0.717) is 22.9 Å². The molecule has 3 aromatic carbocycles. The lowest BCUT2D eigenvalue weighted by Crippen LogP contribution is -2.34. The third-order valence-electron chi connectivity index (χ3n) is 5.32. The molecule has 0 unspecified atom stereocenters. The SMILES string of the molecule is COc1cc(OC)cc(C(=O)OCCN(C2=NS(=O)(=O)c3ccccc32)c2cccc(C)c2)c1. The van der Waals surface area contributed by atoms with Gasteiger partial charge in [-0.05, 0) is 48.9 Å². The third-order valence-corrected chi connectivity index (χ3v) is 6.64. The summed E-state index contributed by atoms with van der Waals surface area (Å²) in [5, 5.41) is 0. The van der Waals surface area contributed by atoms with Crippen molar-refractivity contribution in [3.05, 3.63) is 83.4 Å². The maximum Gasteiger partial charge on any atom is 0.338 e. The van der Waals surface area contributed by atoms with E-state index in [1.165, 1.54) is 20.3 Å². The summed E-state index contributed by atoms with van der Waals surface area (Å²) in [6.45, 7) is 2.13. The van der Waals surface area contributed by atoms with Crippen molar-refractivity contribution in [1.82, 2.24) is 0 Å². The first-order valence-electron chi connectivity index (χ1n) is 10.5. The van der Waals surface area contributed by atoms with Crippen LogP contribution < -0.4 is 14.4 Å². The molecule has 0 atom stereocenters. The molecule has 0 saturated carbocycles. The predicted octanol–water partition coefficient (Wildman–Crippen LogP) is 3.82. The molecule has 0 aliphatic carbocycles. The quantitative estimate of drug-likeness (QED) is 0.475. The number of esters is 1. The number of carbonyl (C=O) groups is 1. The van der Waals surface area contributed by atoms with E-state index in [2.05, 4.69) is 4.40 Å². The van der Waals surface area contributed by atoms with Crippen LogP contribution in [-0.4, -0.2) is 47.6 Å². The number of sulfonamides is 1. The van der Waals surface area contributed by atoms with Gasteiger partial charge in [0, 0.05) is 17.3 Å². The molecule has 0 spiro atoms. The maximum atomic E-state index is 12.7.